The Balaban J connectivity index is 1.50. The first-order chi connectivity index (χ1) is 16.3. The summed E-state index contributed by atoms with van der Waals surface area (Å²) in [7, 11) is 0. The number of rotatable bonds is 5. The second-order valence-electron chi connectivity index (χ2n) is 9.89. The zero-order chi connectivity index (χ0) is 23.9. The van der Waals surface area contributed by atoms with Crippen molar-refractivity contribution in [2.75, 3.05) is 0 Å². The molecule has 0 unspecified atom stereocenters. The van der Waals surface area contributed by atoms with Crippen LogP contribution >= 0.6 is 0 Å². The molecule has 0 spiro atoms. The van der Waals surface area contributed by atoms with Crippen LogP contribution < -0.4 is 5.32 Å². The van der Waals surface area contributed by atoms with Crippen LogP contribution in [0.1, 0.15) is 55.6 Å². The minimum atomic E-state index is -1.12. The van der Waals surface area contributed by atoms with E-state index >= 15 is 0 Å². The van der Waals surface area contributed by atoms with Gasteiger partial charge in [-0.05, 0) is 80.5 Å². The molecule has 5 rings (SSSR count). The Hall–Kier alpha value is -3.35. The predicted octanol–water partition coefficient (Wildman–Crippen LogP) is 5.00. The van der Waals surface area contributed by atoms with Gasteiger partial charge in [0, 0.05) is 12.6 Å². The molecule has 1 saturated carbocycles. The van der Waals surface area contributed by atoms with Crippen molar-refractivity contribution in [2.24, 2.45) is 5.92 Å². The quantitative estimate of drug-likeness (QED) is 0.579. The SMILES string of the molecule is CC1CCC(NC(=O)[C@]2(C)Cn3c(ccc3-c3ccco3)C(=O)N2Cc2ccc(F)cc2)CC1. The van der Waals surface area contributed by atoms with E-state index in [2.05, 4.69) is 12.2 Å². The monoisotopic (exact) mass is 463 g/mol. The Kier molecular flexibility index (Phi) is 5.80. The molecule has 1 N–H and O–H groups in total. The lowest BCUT2D eigenvalue weighted by molar-refractivity contribution is -0.134. The Morgan fingerprint density at radius 3 is 2.47 bits per heavy atom. The average Bonchev–Trinajstić information content (AvgIpc) is 3.49. The molecule has 6 nitrogen and oxygen atoms in total. The second-order valence-corrected chi connectivity index (χ2v) is 9.89. The number of fused-ring (bicyclic) bond motifs is 1. The molecule has 1 fully saturated rings. The number of amides is 2. The van der Waals surface area contributed by atoms with E-state index in [-0.39, 0.29) is 30.2 Å². The van der Waals surface area contributed by atoms with Crippen molar-refractivity contribution in [3.8, 4) is 11.5 Å². The van der Waals surface area contributed by atoms with Crippen LogP contribution in [0.4, 0.5) is 4.39 Å². The van der Waals surface area contributed by atoms with Gasteiger partial charge in [-0.1, -0.05) is 19.1 Å². The summed E-state index contributed by atoms with van der Waals surface area (Å²) in [5.74, 6) is 0.594. The Labute approximate surface area is 198 Å². The fourth-order valence-electron chi connectivity index (χ4n) is 5.18. The Bertz CT molecular complexity index is 1180. The summed E-state index contributed by atoms with van der Waals surface area (Å²) < 4.78 is 21.0. The van der Waals surface area contributed by atoms with Gasteiger partial charge in [-0.25, -0.2) is 4.39 Å². The van der Waals surface area contributed by atoms with Crippen molar-refractivity contribution in [1.82, 2.24) is 14.8 Å². The Morgan fingerprint density at radius 1 is 1.09 bits per heavy atom. The molecule has 34 heavy (non-hydrogen) atoms. The lowest BCUT2D eigenvalue weighted by atomic mass is 9.86. The molecule has 0 saturated heterocycles. The number of nitrogens with one attached hydrogen (secondary N) is 1. The third-order valence-corrected chi connectivity index (χ3v) is 7.37. The van der Waals surface area contributed by atoms with E-state index in [1.165, 1.54) is 12.1 Å². The van der Waals surface area contributed by atoms with E-state index in [0.717, 1.165) is 36.9 Å². The topological polar surface area (TPSA) is 67.5 Å². The number of hydrogen-bond acceptors (Lipinski definition) is 3. The van der Waals surface area contributed by atoms with E-state index < -0.39 is 5.54 Å². The summed E-state index contributed by atoms with van der Waals surface area (Å²) >= 11 is 0. The molecule has 0 radical (unpaired) electrons. The third kappa shape index (κ3) is 4.04. The number of benzene rings is 1. The molecule has 7 heteroatoms. The molecule has 0 bridgehead atoms. The molecule has 3 aromatic rings. The first kappa shape index (κ1) is 22.4. The molecule has 2 amide bonds. The zero-order valence-electron chi connectivity index (χ0n) is 19.6. The van der Waals surface area contributed by atoms with Gasteiger partial charge in [-0.15, -0.1) is 0 Å². The number of carbonyl (C=O) groups excluding carboxylic acids is 2. The fourth-order valence-corrected chi connectivity index (χ4v) is 5.18. The lowest BCUT2D eigenvalue weighted by Crippen LogP contribution is -2.64. The van der Waals surface area contributed by atoms with E-state index in [9.17, 15) is 14.0 Å². The van der Waals surface area contributed by atoms with Crippen LogP contribution in [0, 0.1) is 11.7 Å². The fraction of sp³-hybridized carbons (Fsp3) is 0.407. The highest BCUT2D eigenvalue weighted by Gasteiger charge is 2.48. The summed E-state index contributed by atoms with van der Waals surface area (Å²) in [5.41, 5.74) is 0.916. The van der Waals surface area contributed by atoms with Crippen molar-refractivity contribution >= 4 is 11.8 Å². The normalized spacial score (nSPS) is 24.7. The molecule has 1 aliphatic heterocycles. The molecule has 2 aromatic heterocycles. The van der Waals surface area contributed by atoms with Crippen molar-refractivity contribution in [3.63, 3.8) is 0 Å². The maximum absolute atomic E-state index is 13.8. The van der Waals surface area contributed by atoms with Crippen molar-refractivity contribution < 1.29 is 18.4 Å². The van der Waals surface area contributed by atoms with Gasteiger partial charge in [0.25, 0.3) is 5.91 Å². The van der Waals surface area contributed by atoms with Crippen LogP contribution in [0.5, 0.6) is 0 Å². The second kappa shape index (κ2) is 8.78. The molecule has 178 valence electrons. The molecule has 3 heterocycles. The molecule has 1 aliphatic carbocycles. The van der Waals surface area contributed by atoms with Gasteiger partial charge in [0.05, 0.1) is 18.5 Å². The van der Waals surface area contributed by atoms with Crippen LogP contribution in [0.15, 0.2) is 59.2 Å². The highest BCUT2D eigenvalue weighted by atomic mass is 19.1. The van der Waals surface area contributed by atoms with Crippen LogP contribution in [-0.4, -0.2) is 32.9 Å². The third-order valence-electron chi connectivity index (χ3n) is 7.37. The maximum Gasteiger partial charge on any atom is 0.271 e. The first-order valence-electron chi connectivity index (χ1n) is 12.0. The van der Waals surface area contributed by atoms with E-state index in [0.29, 0.717) is 23.9 Å². The van der Waals surface area contributed by atoms with Crippen LogP contribution in [0.25, 0.3) is 11.5 Å². The molecule has 2 aliphatic rings. The van der Waals surface area contributed by atoms with Crippen molar-refractivity contribution in [2.45, 2.75) is 64.2 Å². The number of hydrogen-bond donors (Lipinski definition) is 1. The molecular formula is C27H30FN3O3. The number of carbonyl (C=O) groups is 2. The lowest BCUT2D eigenvalue weighted by Gasteiger charge is -2.45. The van der Waals surface area contributed by atoms with E-state index in [1.807, 2.05) is 23.6 Å². The standard InChI is InChI=1S/C27H30FN3O3/c1-18-5-11-21(12-6-18)29-26(33)27(2)17-30-22(24-4-3-15-34-24)13-14-23(30)25(32)31(27)16-19-7-9-20(28)10-8-19/h3-4,7-10,13-15,18,21H,5-6,11-12,16-17H2,1-2H3,(H,29,33)/t18?,21?,27-/m0/s1. The van der Waals surface area contributed by atoms with Gasteiger partial charge in [0.1, 0.15) is 22.8 Å². The van der Waals surface area contributed by atoms with Crippen LogP contribution in [0.3, 0.4) is 0 Å². The van der Waals surface area contributed by atoms with Crippen LogP contribution in [0.2, 0.25) is 0 Å². The minimum absolute atomic E-state index is 0.110. The number of nitrogens with zero attached hydrogens (tertiary/aromatic N) is 2. The summed E-state index contributed by atoms with van der Waals surface area (Å²) in [4.78, 5) is 29.2. The highest BCUT2D eigenvalue weighted by Crippen LogP contribution is 2.35. The van der Waals surface area contributed by atoms with Gasteiger partial charge in [0.2, 0.25) is 5.91 Å². The summed E-state index contributed by atoms with van der Waals surface area (Å²) in [6, 6.07) is 13.5. The molecule has 1 atom stereocenters. The van der Waals surface area contributed by atoms with E-state index in [4.69, 9.17) is 4.42 Å². The van der Waals surface area contributed by atoms with Gasteiger partial charge in [0.15, 0.2) is 0 Å². The average molecular weight is 464 g/mol. The van der Waals surface area contributed by atoms with Crippen molar-refractivity contribution in [1.29, 1.82) is 0 Å². The summed E-state index contributed by atoms with van der Waals surface area (Å²) in [6.07, 6.45) is 5.66. The van der Waals surface area contributed by atoms with Gasteiger partial charge in [-0.2, -0.15) is 0 Å². The summed E-state index contributed by atoms with van der Waals surface area (Å²) in [6.45, 7) is 4.58. The summed E-state index contributed by atoms with van der Waals surface area (Å²) in [5, 5.41) is 3.24. The van der Waals surface area contributed by atoms with Crippen LogP contribution in [-0.2, 0) is 17.9 Å². The zero-order valence-corrected chi connectivity index (χ0v) is 19.6. The predicted molar refractivity (Wildman–Crippen MR) is 126 cm³/mol. The maximum atomic E-state index is 13.8. The van der Waals surface area contributed by atoms with E-state index in [1.54, 1.807) is 35.4 Å². The number of aromatic nitrogens is 1. The first-order valence-corrected chi connectivity index (χ1v) is 12.0. The smallest absolute Gasteiger partial charge is 0.271 e. The van der Waals surface area contributed by atoms with Gasteiger partial charge in [-0.3, -0.25) is 9.59 Å². The molecular weight excluding hydrogens is 433 g/mol. The number of halogens is 1. The van der Waals surface area contributed by atoms with Gasteiger partial charge >= 0.3 is 0 Å². The highest BCUT2D eigenvalue weighted by molar-refractivity contribution is 6.00. The largest absolute Gasteiger partial charge is 0.463 e. The van der Waals surface area contributed by atoms with Crippen molar-refractivity contribution in [3.05, 3.63) is 71.9 Å². The Morgan fingerprint density at radius 2 is 1.79 bits per heavy atom. The minimum Gasteiger partial charge on any atom is -0.463 e. The molecule has 1 aromatic carbocycles. The van der Waals surface area contributed by atoms with Gasteiger partial charge < -0.3 is 19.2 Å². The number of furan rings is 1.